The van der Waals surface area contributed by atoms with Crippen molar-refractivity contribution in [3.8, 4) is 0 Å². The summed E-state index contributed by atoms with van der Waals surface area (Å²) in [4.78, 5) is 25.5. The molecule has 1 aromatic heterocycles. The maximum Gasteiger partial charge on any atom is 0.404 e. The van der Waals surface area contributed by atoms with Gasteiger partial charge < -0.3 is 20.5 Å². The number of carbonyl (C=O) groups is 2. The summed E-state index contributed by atoms with van der Waals surface area (Å²) in [6, 6.07) is 0. The molecule has 18 heavy (non-hydrogen) atoms. The van der Waals surface area contributed by atoms with E-state index in [9.17, 15) is 9.59 Å². The van der Waals surface area contributed by atoms with Gasteiger partial charge in [-0.1, -0.05) is 0 Å². The number of esters is 1. The number of amides is 1. The second-order valence-electron chi connectivity index (χ2n) is 3.31. The Morgan fingerprint density at radius 3 is 3.00 bits per heavy atom. The number of thiazole rings is 1. The van der Waals surface area contributed by atoms with Gasteiger partial charge in [0.05, 0.1) is 25.8 Å². The maximum atomic E-state index is 10.9. The minimum atomic E-state index is -0.797. The Morgan fingerprint density at radius 1 is 1.56 bits per heavy atom. The van der Waals surface area contributed by atoms with Gasteiger partial charge >= 0.3 is 12.1 Å². The van der Waals surface area contributed by atoms with Gasteiger partial charge in [-0.3, -0.25) is 4.79 Å². The molecule has 7 nitrogen and oxygen atoms in total. The molecule has 100 valence electrons. The molecule has 0 radical (unpaired) electrons. The molecule has 8 heteroatoms. The van der Waals surface area contributed by atoms with Crippen LogP contribution in [0, 0.1) is 0 Å². The first-order chi connectivity index (χ1) is 8.61. The van der Waals surface area contributed by atoms with Crippen LogP contribution in [0.3, 0.4) is 0 Å². The monoisotopic (exact) mass is 273 g/mol. The lowest BCUT2D eigenvalue weighted by Gasteiger charge is -2.02. The first kappa shape index (κ1) is 14.2. The molecule has 0 aliphatic rings. The molecule has 0 saturated heterocycles. The van der Waals surface area contributed by atoms with Crippen LogP contribution in [0.1, 0.15) is 12.1 Å². The van der Waals surface area contributed by atoms with Gasteiger partial charge in [0.1, 0.15) is 6.61 Å². The summed E-state index contributed by atoms with van der Waals surface area (Å²) in [6.07, 6.45) is 0.0577. The number of primary amides is 1. The van der Waals surface area contributed by atoms with Gasteiger partial charge in [-0.15, -0.1) is 11.3 Å². The van der Waals surface area contributed by atoms with Crippen molar-refractivity contribution in [2.24, 2.45) is 5.73 Å². The third kappa shape index (κ3) is 5.48. The molecule has 0 bridgehead atoms. The molecule has 3 N–H and O–H groups in total. The first-order valence-electron chi connectivity index (χ1n) is 5.29. The molecule has 0 saturated carbocycles. The minimum absolute atomic E-state index is 0.187. The van der Waals surface area contributed by atoms with Crippen molar-refractivity contribution < 1.29 is 19.1 Å². The number of aryl methyl sites for hydroxylation is 1. The molecule has 0 atom stereocenters. The molecule has 1 heterocycles. The minimum Gasteiger partial charge on any atom is -0.469 e. The Morgan fingerprint density at radius 2 is 2.33 bits per heavy atom. The predicted octanol–water partition coefficient (Wildman–Crippen LogP) is 0.756. The van der Waals surface area contributed by atoms with E-state index in [1.54, 1.807) is 0 Å². The SMILES string of the molecule is COC(=O)CCc1csc(NCCOC(N)=O)n1. The molecule has 0 spiro atoms. The summed E-state index contributed by atoms with van der Waals surface area (Å²) >= 11 is 1.42. The number of anilines is 1. The molecule has 0 aromatic carbocycles. The zero-order valence-corrected chi connectivity index (χ0v) is 10.8. The molecule has 1 rings (SSSR count). The van der Waals surface area contributed by atoms with Gasteiger partial charge in [0.25, 0.3) is 0 Å². The molecular weight excluding hydrogens is 258 g/mol. The molecule has 0 unspecified atom stereocenters. The van der Waals surface area contributed by atoms with E-state index >= 15 is 0 Å². The largest absolute Gasteiger partial charge is 0.469 e. The average Bonchev–Trinajstić information content (AvgIpc) is 2.79. The van der Waals surface area contributed by atoms with Gasteiger partial charge in [-0.05, 0) is 0 Å². The normalized spacial score (nSPS) is 9.83. The van der Waals surface area contributed by atoms with Gasteiger partial charge in [0.2, 0.25) is 0 Å². The lowest BCUT2D eigenvalue weighted by atomic mass is 10.2. The number of methoxy groups -OCH3 is 1. The molecule has 1 aromatic rings. The van der Waals surface area contributed by atoms with Gasteiger partial charge in [-0.2, -0.15) is 0 Å². The quantitative estimate of drug-likeness (QED) is 0.561. The van der Waals surface area contributed by atoms with Gasteiger partial charge in [-0.25, -0.2) is 9.78 Å². The van der Waals surface area contributed by atoms with E-state index < -0.39 is 6.09 Å². The fourth-order valence-corrected chi connectivity index (χ4v) is 1.92. The number of rotatable bonds is 7. The van der Waals surface area contributed by atoms with Crippen molar-refractivity contribution >= 4 is 28.5 Å². The zero-order chi connectivity index (χ0) is 13.4. The van der Waals surface area contributed by atoms with Crippen LogP contribution in [-0.2, 0) is 20.7 Å². The number of nitrogens with two attached hydrogens (primary N) is 1. The summed E-state index contributed by atoms with van der Waals surface area (Å²) in [6.45, 7) is 0.624. The number of aromatic nitrogens is 1. The lowest BCUT2D eigenvalue weighted by molar-refractivity contribution is -0.140. The van der Waals surface area contributed by atoms with Crippen LogP contribution >= 0.6 is 11.3 Å². The molecule has 0 aliphatic heterocycles. The smallest absolute Gasteiger partial charge is 0.404 e. The Bertz CT molecular complexity index is 408. The second-order valence-corrected chi connectivity index (χ2v) is 4.17. The second kappa shape index (κ2) is 7.49. The Hall–Kier alpha value is -1.83. The van der Waals surface area contributed by atoms with E-state index in [1.165, 1.54) is 18.4 Å². The van der Waals surface area contributed by atoms with E-state index in [4.69, 9.17) is 5.73 Å². The number of ether oxygens (including phenoxy) is 2. The summed E-state index contributed by atoms with van der Waals surface area (Å²) < 4.78 is 9.10. The summed E-state index contributed by atoms with van der Waals surface area (Å²) in [5.41, 5.74) is 5.63. The highest BCUT2D eigenvalue weighted by atomic mass is 32.1. The summed E-state index contributed by atoms with van der Waals surface area (Å²) in [7, 11) is 1.36. The maximum absolute atomic E-state index is 10.9. The van der Waals surface area contributed by atoms with Crippen LogP contribution in [0.2, 0.25) is 0 Å². The van der Waals surface area contributed by atoms with Crippen LogP contribution in [0.15, 0.2) is 5.38 Å². The summed E-state index contributed by atoms with van der Waals surface area (Å²) in [5.74, 6) is -0.257. The highest BCUT2D eigenvalue weighted by Gasteiger charge is 2.05. The fraction of sp³-hybridized carbons (Fsp3) is 0.500. The van der Waals surface area contributed by atoms with Crippen LogP contribution in [0.4, 0.5) is 9.93 Å². The van der Waals surface area contributed by atoms with E-state index in [1.807, 2.05) is 5.38 Å². The van der Waals surface area contributed by atoms with Crippen molar-refractivity contribution in [2.75, 3.05) is 25.6 Å². The summed E-state index contributed by atoms with van der Waals surface area (Å²) in [5, 5.41) is 5.55. The van der Waals surface area contributed by atoms with Crippen LogP contribution in [0.5, 0.6) is 0 Å². The van der Waals surface area contributed by atoms with Crippen LogP contribution in [0.25, 0.3) is 0 Å². The third-order valence-corrected chi connectivity index (χ3v) is 2.84. The number of nitrogens with one attached hydrogen (secondary N) is 1. The van der Waals surface area contributed by atoms with E-state index in [-0.39, 0.29) is 12.6 Å². The van der Waals surface area contributed by atoms with Crippen LogP contribution in [-0.4, -0.2) is 37.3 Å². The van der Waals surface area contributed by atoms with E-state index in [2.05, 4.69) is 19.8 Å². The zero-order valence-electron chi connectivity index (χ0n) is 9.97. The Balaban J connectivity index is 2.25. The van der Waals surface area contributed by atoms with Crippen molar-refractivity contribution in [1.29, 1.82) is 0 Å². The number of nitrogens with zero attached hydrogens (tertiary/aromatic N) is 1. The van der Waals surface area contributed by atoms with Crippen molar-refractivity contribution in [2.45, 2.75) is 12.8 Å². The molecule has 0 fully saturated rings. The number of carbonyl (C=O) groups excluding carboxylic acids is 2. The van der Waals surface area contributed by atoms with Crippen LogP contribution < -0.4 is 11.1 Å². The van der Waals surface area contributed by atoms with E-state index in [0.717, 1.165) is 5.69 Å². The molecule has 1 amide bonds. The standard InChI is InChI=1S/C10H15N3O4S/c1-16-8(14)3-2-7-6-18-10(13-7)12-4-5-17-9(11)15/h6H,2-5H2,1H3,(H2,11,15)(H,12,13). The molecular formula is C10H15N3O4S. The fourth-order valence-electron chi connectivity index (χ4n) is 1.14. The van der Waals surface area contributed by atoms with Crippen molar-refractivity contribution in [1.82, 2.24) is 4.98 Å². The number of hydrogen-bond donors (Lipinski definition) is 2. The average molecular weight is 273 g/mol. The topological polar surface area (TPSA) is 104 Å². The Labute approximate surface area is 108 Å². The number of hydrogen-bond acceptors (Lipinski definition) is 7. The third-order valence-electron chi connectivity index (χ3n) is 1.99. The van der Waals surface area contributed by atoms with Gasteiger partial charge in [0, 0.05) is 11.8 Å². The highest BCUT2D eigenvalue weighted by Crippen LogP contribution is 2.16. The molecule has 0 aliphatic carbocycles. The van der Waals surface area contributed by atoms with E-state index in [0.29, 0.717) is 24.5 Å². The van der Waals surface area contributed by atoms with Crippen molar-refractivity contribution in [3.63, 3.8) is 0 Å². The van der Waals surface area contributed by atoms with Crippen molar-refractivity contribution in [3.05, 3.63) is 11.1 Å². The van der Waals surface area contributed by atoms with Gasteiger partial charge in [0.15, 0.2) is 5.13 Å². The predicted molar refractivity (Wildman–Crippen MR) is 66.5 cm³/mol. The lowest BCUT2D eigenvalue weighted by Crippen LogP contribution is -2.18. The highest BCUT2D eigenvalue weighted by molar-refractivity contribution is 7.13. The Kier molecular flexibility index (Phi) is 5.92. The first-order valence-corrected chi connectivity index (χ1v) is 6.17.